The number of para-hydroxylation sites is 2. The molecule has 0 bridgehead atoms. The Morgan fingerprint density at radius 2 is 0.823 bits per heavy atom. The smallest absolute Gasteiger partial charge is 0.226 e. The molecule has 8 aromatic rings. The van der Waals surface area contributed by atoms with Crippen LogP contribution < -0.4 is 9.80 Å². The first kappa shape index (κ1) is 37.3. The number of benzene rings is 7. The van der Waals surface area contributed by atoms with Crippen molar-refractivity contribution in [3.63, 3.8) is 0 Å². The average Bonchev–Trinajstić information content (AvgIpc) is 3.99. The lowest BCUT2D eigenvalue weighted by molar-refractivity contribution is 0.560. The van der Waals surface area contributed by atoms with Gasteiger partial charge in [-0.25, -0.2) is 4.98 Å². The highest BCUT2D eigenvalue weighted by atomic mass is 16.4. The Bertz CT molecular complexity index is 2980. The summed E-state index contributed by atoms with van der Waals surface area (Å²) in [7, 11) is 0. The average molecular weight is 801 g/mol. The minimum Gasteiger partial charge on any atom is -0.436 e. The van der Waals surface area contributed by atoms with Crippen molar-refractivity contribution in [1.82, 2.24) is 4.98 Å². The van der Waals surface area contributed by atoms with Gasteiger partial charge in [-0.15, -0.1) is 0 Å². The zero-order chi connectivity index (χ0) is 41.2. The van der Waals surface area contributed by atoms with Crippen molar-refractivity contribution in [3.05, 3.63) is 229 Å². The van der Waals surface area contributed by atoms with Gasteiger partial charge in [-0.2, -0.15) is 0 Å². The molecule has 0 saturated carbocycles. The van der Waals surface area contributed by atoms with Crippen molar-refractivity contribution in [1.29, 1.82) is 0 Å². The summed E-state index contributed by atoms with van der Waals surface area (Å²) in [5, 5.41) is 0. The SMILES string of the molecule is C1=CC2=C(CC1)CC(c1ccc(N(c3ccccc3)c3ccc(-c4ccc(-c5ccc(N(c6ccccc6)c6ccc(-c7nc8c(o7)C=CCC8)cc6)cc5)cc4)cc3)cc1)=N2. The highest BCUT2D eigenvalue weighted by Crippen LogP contribution is 2.39. The van der Waals surface area contributed by atoms with Gasteiger partial charge in [-0.1, -0.05) is 109 Å². The Labute approximate surface area is 363 Å². The van der Waals surface area contributed by atoms with Gasteiger partial charge in [0.2, 0.25) is 5.89 Å². The largest absolute Gasteiger partial charge is 0.436 e. The van der Waals surface area contributed by atoms with Crippen molar-refractivity contribution in [3.8, 4) is 33.7 Å². The van der Waals surface area contributed by atoms with Gasteiger partial charge in [0.05, 0.1) is 17.1 Å². The summed E-state index contributed by atoms with van der Waals surface area (Å²) in [5.74, 6) is 1.54. The van der Waals surface area contributed by atoms with Crippen LogP contribution in [-0.2, 0) is 6.42 Å². The van der Waals surface area contributed by atoms with Crippen LogP contribution in [0, 0.1) is 0 Å². The topological polar surface area (TPSA) is 44.9 Å². The van der Waals surface area contributed by atoms with Gasteiger partial charge in [0.15, 0.2) is 5.76 Å². The Balaban J connectivity index is 0.812. The van der Waals surface area contributed by atoms with Crippen LogP contribution in [0.25, 0.3) is 39.8 Å². The predicted molar refractivity (Wildman–Crippen MR) is 256 cm³/mol. The Morgan fingerprint density at radius 1 is 0.403 bits per heavy atom. The standard InChI is InChI=1S/C57H44N4O/c1-3-12-47(13-4-1)60(51-35-27-44(28-36-51)55-39-46-11-7-8-16-53(46)58-55)49-31-23-42(24-32-49)40-19-21-41(22-20-40)43-25-33-50(34-26-43)61(48-14-5-2-6-15-48)52-37-29-45(30-38-52)57-59-54-17-9-10-18-56(54)62-57/h1-6,8,10,12-16,18-38H,7,9,11,17,39H2. The van der Waals surface area contributed by atoms with Crippen LogP contribution in [0.5, 0.6) is 0 Å². The summed E-state index contributed by atoms with van der Waals surface area (Å²) in [6.07, 6.45) is 13.7. The Hall–Kier alpha value is -7.76. The van der Waals surface area contributed by atoms with E-state index in [1.165, 1.54) is 33.5 Å². The molecule has 1 aliphatic heterocycles. The van der Waals surface area contributed by atoms with Crippen molar-refractivity contribution >= 4 is 45.9 Å². The molecule has 0 amide bonds. The number of fused-ring (bicyclic) bond motifs is 1. The molecule has 62 heavy (non-hydrogen) atoms. The second kappa shape index (κ2) is 16.4. The summed E-state index contributed by atoms with van der Waals surface area (Å²) < 4.78 is 6.10. The summed E-state index contributed by atoms with van der Waals surface area (Å²) in [4.78, 5) is 14.4. The first-order valence-electron chi connectivity index (χ1n) is 21.5. The number of aromatic nitrogens is 1. The number of nitrogens with zero attached hydrogens (tertiary/aromatic N) is 4. The maximum Gasteiger partial charge on any atom is 0.226 e. The first-order chi connectivity index (χ1) is 30.7. The summed E-state index contributed by atoms with van der Waals surface area (Å²) >= 11 is 0. The van der Waals surface area contributed by atoms with E-state index in [0.717, 1.165) is 94.5 Å². The minimum absolute atomic E-state index is 0.669. The fraction of sp³-hybridized carbons (Fsp3) is 0.0877. The van der Waals surface area contributed by atoms with Gasteiger partial charge < -0.3 is 14.2 Å². The molecule has 2 heterocycles. The molecule has 0 atom stereocenters. The zero-order valence-corrected chi connectivity index (χ0v) is 34.4. The van der Waals surface area contributed by atoms with E-state index < -0.39 is 0 Å². The quantitative estimate of drug-likeness (QED) is 0.138. The summed E-state index contributed by atoms with van der Waals surface area (Å²) in [6.45, 7) is 0. The lowest BCUT2D eigenvalue weighted by Crippen LogP contribution is -2.10. The molecular formula is C57H44N4O. The van der Waals surface area contributed by atoms with Crippen LogP contribution >= 0.6 is 0 Å². The van der Waals surface area contributed by atoms with Gasteiger partial charge in [0, 0.05) is 46.1 Å². The van der Waals surface area contributed by atoms with Crippen molar-refractivity contribution in [2.75, 3.05) is 9.80 Å². The molecule has 0 N–H and O–H groups in total. The number of aliphatic imine (C=N–C) groups is 1. The number of rotatable bonds is 10. The fourth-order valence-electron chi connectivity index (χ4n) is 8.82. The zero-order valence-electron chi connectivity index (χ0n) is 34.4. The number of hydrogen-bond donors (Lipinski definition) is 0. The van der Waals surface area contributed by atoms with Crippen molar-refractivity contribution < 1.29 is 4.42 Å². The molecule has 5 heteroatoms. The number of oxazole rings is 1. The molecule has 1 aromatic heterocycles. The van der Waals surface area contributed by atoms with E-state index >= 15 is 0 Å². The van der Waals surface area contributed by atoms with E-state index in [4.69, 9.17) is 14.4 Å². The van der Waals surface area contributed by atoms with Crippen LogP contribution in [0.2, 0.25) is 0 Å². The Kier molecular flexibility index (Phi) is 9.83. The van der Waals surface area contributed by atoms with Crippen molar-refractivity contribution in [2.45, 2.75) is 32.1 Å². The maximum atomic E-state index is 6.10. The number of allylic oxidation sites excluding steroid dienone is 4. The minimum atomic E-state index is 0.669. The van der Waals surface area contributed by atoms with Gasteiger partial charge in [0.1, 0.15) is 0 Å². The molecule has 0 unspecified atom stereocenters. The summed E-state index contributed by atoms with van der Waals surface area (Å²) in [5.41, 5.74) is 18.3. The van der Waals surface area contributed by atoms with Crippen LogP contribution in [0.4, 0.5) is 34.1 Å². The van der Waals surface area contributed by atoms with Gasteiger partial charge in [0.25, 0.3) is 0 Å². The molecule has 2 aliphatic carbocycles. The molecule has 5 nitrogen and oxygen atoms in total. The second-order valence-corrected chi connectivity index (χ2v) is 16.0. The molecule has 3 aliphatic rings. The highest BCUT2D eigenvalue weighted by molar-refractivity contribution is 6.05. The van der Waals surface area contributed by atoms with E-state index in [1.807, 2.05) is 6.08 Å². The molecular weight excluding hydrogens is 757 g/mol. The number of hydrogen-bond acceptors (Lipinski definition) is 5. The molecule has 11 rings (SSSR count). The van der Waals surface area contributed by atoms with Gasteiger partial charge in [-0.3, -0.25) is 4.99 Å². The van der Waals surface area contributed by atoms with Crippen LogP contribution in [-0.4, -0.2) is 10.7 Å². The maximum absolute atomic E-state index is 6.10. The lowest BCUT2D eigenvalue weighted by Gasteiger charge is -2.26. The third kappa shape index (κ3) is 7.39. The molecule has 7 aromatic carbocycles. The second-order valence-electron chi connectivity index (χ2n) is 16.0. The number of aryl methyl sites for hydroxylation is 1. The monoisotopic (exact) mass is 800 g/mol. The predicted octanol–water partition coefficient (Wildman–Crippen LogP) is 15.4. The molecule has 0 fully saturated rings. The van der Waals surface area contributed by atoms with Gasteiger partial charge in [-0.05, 0) is 156 Å². The first-order valence-corrected chi connectivity index (χ1v) is 21.5. The third-order valence-corrected chi connectivity index (χ3v) is 12.1. The molecule has 0 radical (unpaired) electrons. The molecule has 0 spiro atoms. The summed E-state index contributed by atoms with van der Waals surface area (Å²) in [6, 6.07) is 65.0. The van der Waals surface area contributed by atoms with E-state index in [1.54, 1.807) is 0 Å². The molecule has 298 valence electrons. The third-order valence-electron chi connectivity index (χ3n) is 12.1. The Morgan fingerprint density at radius 3 is 1.31 bits per heavy atom. The van der Waals surface area contributed by atoms with Crippen molar-refractivity contribution in [2.24, 2.45) is 4.99 Å². The number of anilines is 6. The fourth-order valence-corrected chi connectivity index (χ4v) is 8.82. The van der Waals surface area contributed by atoms with E-state index in [0.29, 0.717) is 5.89 Å². The molecule has 0 saturated heterocycles. The van der Waals surface area contributed by atoms with Crippen LogP contribution in [0.3, 0.4) is 0 Å². The van der Waals surface area contributed by atoms with E-state index in [2.05, 4.69) is 210 Å². The lowest BCUT2D eigenvalue weighted by atomic mass is 9.97. The van der Waals surface area contributed by atoms with Crippen LogP contribution in [0.1, 0.15) is 42.7 Å². The highest BCUT2D eigenvalue weighted by Gasteiger charge is 2.21. The normalized spacial score (nSPS) is 14.0. The van der Waals surface area contributed by atoms with E-state index in [9.17, 15) is 0 Å². The van der Waals surface area contributed by atoms with Gasteiger partial charge >= 0.3 is 0 Å². The van der Waals surface area contributed by atoms with E-state index in [-0.39, 0.29) is 0 Å². The van der Waals surface area contributed by atoms with Crippen LogP contribution in [0.15, 0.2) is 221 Å².